The first kappa shape index (κ1) is 27.3. The largest absolute Gasteiger partial charge is 0.460 e. The molecule has 0 bridgehead atoms. The number of carbonyl (C=O) groups is 5. The molecule has 2 unspecified atom stereocenters. The van der Waals surface area contributed by atoms with Crippen LogP contribution in [0, 0.1) is 11.8 Å². The zero-order chi connectivity index (χ0) is 27.9. The number of rotatable bonds is 6. The number of carbonyl (C=O) groups excluding carboxylic acids is 5. The summed E-state index contributed by atoms with van der Waals surface area (Å²) < 4.78 is 5.48. The van der Waals surface area contributed by atoms with E-state index in [1.54, 1.807) is 12.1 Å². The summed E-state index contributed by atoms with van der Waals surface area (Å²) in [7, 11) is 0. The molecule has 0 aliphatic carbocycles. The van der Waals surface area contributed by atoms with E-state index >= 15 is 0 Å². The van der Waals surface area contributed by atoms with Gasteiger partial charge in [-0.2, -0.15) is 0 Å². The molecule has 4 aliphatic heterocycles. The summed E-state index contributed by atoms with van der Waals surface area (Å²) in [5.41, 5.74) is 1.08. The van der Waals surface area contributed by atoms with Crippen molar-refractivity contribution in [2.45, 2.75) is 70.9 Å². The summed E-state index contributed by atoms with van der Waals surface area (Å²) in [6.07, 6.45) is 3.79. The molecule has 0 aromatic heterocycles. The predicted octanol–water partition coefficient (Wildman–Crippen LogP) is 2.36. The Morgan fingerprint density at radius 3 is 2.33 bits per heavy atom. The second kappa shape index (κ2) is 10.7. The molecule has 0 saturated carbocycles. The van der Waals surface area contributed by atoms with E-state index in [0.29, 0.717) is 29.4 Å². The van der Waals surface area contributed by atoms with E-state index in [2.05, 4.69) is 15.1 Å². The van der Waals surface area contributed by atoms with Gasteiger partial charge in [0.1, 0.15) is 11.6 Å². The highest BCUT2D eigenvalue weighted by molar-refractivity contribution is 6.23. The molecule has 4 aliphatic rings. The van der Waals surface area contributed by atoms with E-state index in [1.165, 1.54) is 0 Å². The number of imide groups is 2. The van der Waals surface area contributed by atoms with Gasteiger partial charge in [0, 0.05) is 38.2 Å². The first-order valence-corrected chi connectivity index (χ1v) is 14.0. The van der Waals surface area contributed by atoms with Crippen molar-refractivity contribution in [1.82, 2.24) is 15.1 Å². The van der Waals surface area contributed by atoms with E-state index in [4.69, 9.17) is 4.74 Å². The summed E-state index contributed by atoms with van der Waals surface area (Å²) in [5, 5.41) is 2.23. The van der Waals surface area contributed by atoms with Crippen LogP contribution in [0.2, 0.25) is 0 Å². The molecule has 39 heavy (non-hydrogen) atoms. The second-order valence-electron chi connectivity index (χ2n) is 12.3. The lowest BCUT2D eigenvalue weighted by atomic mass is 9.93. The third-order valence-corrected chi connectivity index (χ3v) is 8.17. The zero-order valence-corrected chi connectivity index (χ0v) is 23.0. The highest BCUT2D eigenvalue weighted by Crippen LogP contribution is 2.33. The van der Waals surface area contributed by atoms with Crippen LogP contribution in [0.15, 0.2) is 18.2 Å². The van der Waals surface area contributed by atoms with E-state index < -0.39 is 29.4 Å². The number of piperidine rings is 2. The van der Waals surface area contributed by atoms with Crippen molar-refractivity contribution in [1.29, 1.82) is 0 Å². The molecular weight excluding hydrogens is 500 g/mol. The summed E-state index contributed by atoms with van der Waals surface area (Å²) in [6, 6.07) is 4.37. The molecule has 1 N–H and O–H groups in total. The van der Waals surface area contributed by atoms with Crippen LogP contribution in [0.4, 0.5) is 5.69 Å². The molecule has 4 amide bonds. The van der Waals surface area contributed by atoms with Gasteiger partial charge in [0.25, 0.3) is 11.8 Å². The number of anilines is 1. The van der Waals surface area contributed by atoms with Gasteiger partial charge in [0.05, 0.1) is 11.1 Å². The molecule has 4 heterocycles. The number of ether oxygens (including phenoxy) is 1. The maximum absolute atomic E-state index is 13.2. The molecule has 3 saturated heterocycles. The SMILES string of the molecule is CC(C)(C)OC(=O)CC1CCN(CC2CCN(c3ccc4c(c3)C(=O)N(C3CCC(=O)NC3=O)C4=O)C2)CC1. The van der Waals surface area contributed by atoms with Crippen molar-refractivity contribution >= 4 is 35.3 Å². The van der Waals surface area contributed by atoms with Gasteiger partial charge >= 0.3 is 5.97 Å². The molecule has 0 spiro atoms. The van der Waals surface area contributed by atoms with Crippen molar-refractivity contribution < 1.29 is 28.7 Å². The molecule has 0 radical (unpaired) electrons. The van der Waals surface area contributed by atoms with Gasteiger partial charge < -0.3 is 14.5 Å². The van der Waals surface area contributed by atoms with Gasteiger partial charge in [-0.3, -0.25) is 34.2 Å². The number of esters is 1. The van der Waals surface area contributed by atoms with Gasteiger partial charge in [-0.1, -0.05) is 0 Å². The second-order valence-corrected chi connectivity index (χ2v) is 12.3. The lowest BCUT2D eigenvalue weighted by molar-refractivity contribution is -0.156. The lowest BCUT2D eigenvalue weighted by Gasteiger charge is -2.33. The van der Waals surface area contributed by atoms with E-state index in [0.717, 1.165) is 62.6 Å². The number of nitrogens with zero attached hydrogens (tertiary/aromatic N) is 3. The molecule has 10 heteroatoms. The highest BCUT2D eigenvalue weighted by Gasteiger charge is 2.45. The van der Waals surface area contributed by atoms with E-state index in [-0.39, 0.29) is 24.7 Å². The molecule has 10 nitrogen and oxygen atoms in total. The minimum atomic E-state index is -0.956. The number of nitrogens with one attached hydrogen (secondary N) is 1. The highest BCUT2D eigenvalue weighted by atomic mass is 16.6. The Labute approximate surface area is 229 Å². The maximum atomic E-state index is 13.2. The van der Waals surface area contributed by atoms with Crippen LogP contribution in [0.3, 0.4) is 0 Å². The van der Waals surface area contributed by atoms with Gasteiger partial charge in [-0.25, -0.2) is 0 Å². The Kier molecular flexibility index (Phi) is 7.50. The van der Waals surface area contributed by atoms with E-state index in [9.17, 15) is 24.0 Å². The van der Waals surface area contributed by atoms with Crippen LogP contribution in [0.1, 0.15) is 80.0 Å². The van der Waals surface area contributed by atoms with Crippen LogP contribution < -0.4 is 10.2 Å². The summed E-state index contributed by atoms with van der Waals surface area (Å²) in [5.74, 6) is -1.18. The lowest BCUT2D eigenvalue weighted by Crippen LogP contribution is -2.54. The summed E-state index contributed by atoms with van der Waals surface area (Å²) in [4.78, 5) is 67.9. The van der Waals surface area contributed by atoms with Crippen LogP contribution in [0.25, 0.3) is 0 Å². The third kappa shape index (κ3) is 6.00. The molecule has 1 aromatic rings. The average Bonchev–Trinajstić information content (AvgIpc) is 3.42. The molecule has 210 valence electrons. The van der Waals surface area contributed by atoms with Crippen molar-refractivity contribution in [3.05, 3.63) is 29.3 Å². The zero-order valence-electron chi connectivity index (χ0n) is 23.0. The predicted molar refractivity (Wildman–Crippen MR) is 143 cm³/mol. The Morgan fingerprint density at radius 1 is 0.949 bits per heavy atom. The fourth-order valence-corrected chi connectivity index (χ4v) is 6.23. The van der Waals surface area contributed by atoms with Crippen LogP contribution in [0.5, 0.6) is 0 Å². The fourth-order valence-electron chi connectivity index (χ4n) is 6.23. The average molecular weight is 539 g/mol. The Balaban J connectivity index is 1.14. The van der Waals surface area contributed by atoms with Gasteiger partial charge in [0.2, 0.25) is 11.8 Å². The molecule has 1 aromatic carbocycles. The number of hydrogen-bond donors (Lipinski definition) is 1. The molecule has 3 fully saturated rings. The number of benzene rings is 1. The minimum Gasteiger partial charge on any atom is -0.460 e. The molecule has 2 atom stereocenters. The van der Waals surface area contributed by atoms with Crippen LogP contribution in [-0.4, -0.2) is 83.8 Å². The van der Waals surface area contributed by atoms with Gasteiger partial charge in [-0.15, -0.1) is 0 Å². The number of likely N-dealkylation sites (tertiary alicyclic amines) is 1. The van der Waals surface area contributed by atoms with E-state index in [1.807, 2.05) is 26.8 Å². The molecule has 5 rings (SSSR count). The minimum absolute atomic E-state index is 0.103. The first-order valence-electron chi connectivity index (χ1n) is 14.0. The monoisotopic (exact) mass is 538 g/mol. The smallest absolute Gasteiger partial charge is 0.306 e. The Morgan fingerprint density at radius 2 is 1.64 bits per heavy atom. The third-order valence-electron chi connectivity index (χ3n) is 8.17. The fraction of sp³-hybridized carbons (Fsp3) is 0.621. The van der Waals surface area contributed by atoms with Crippen LogP contribution in [-0.2, 0) is 19.1 Å². The number of amides is 4. The van der Waals surface area contributed by atoms with Gasteiger partial charge in [-0.05, 0) is 89.6 Å². The number of fused-ring (bicyclic) bond motifs is 1. The number of hydrogen-bond acceptors (Lipinski definition) is 8. The normalized spacial score (nSPS) is 24.8. The van der Waals surface area contributed by atoms with Crippen molar-refractivity contribution in [2.24, 2.45) is 11.8 Å². The van der Waals surface area contributed by atoms with Crippen molar-refractivity contribution in [3.63, 3.8) is 0 Å². The summed E-state index contributed by atoms with van der Waals surface area (Å²) >= 11 is 0. The Hall–Kier alpha value is -3.27. The quantitative estimate of drug-likeness (QED) is 0.434. The van der Waals surface area contributed by atoms with Crippen molar-refractivity contribution in [2.75, 3.05) is 37.6 Å². The molecular formula is C29H38N4O6. The standard InChI is InChI=1S/C29H38N4O6/c1-29(2,3)39-25(35)14-18-8-11-31(12-9-18)16-19-10-13-32(17-19)20-4-5-21-22(15-20)28(38)33(27(21)37)23-6-7-24(34)30-26(23)36/h4-5,15,18-19,23H,6-14,16-17H2,1-3H3,(H,30,34,36). The van der Waals surface area contributed by atoms with Gasteiger partial charge in [0.15, 0.2) is 0 Å². The maximum Gasteiger partial charge on any atom is 0.306 e. The first-order chi connectivity index (χ1) is 18.5. The van der Waals surface area contributed by atoms with Crippen molar-refractivity contribution in [3.8, 4) is 0 Å². The topological polar surface area (TPSA) is 116 Å². The summed E-state index contributed by atoms with van der Waals surface area (Å²) in [6.45, 7) is 10.4. The van der Waals surface area contributed by atoms with Crippen LogP contribution >= 0.6 is 0 Å². The Bertz CT molecular complexity index is 1180.